The van der Waals surface area contributed by atoms with Crippen molar-refractivity contribution in [3.8, 4) is 11.5 Å². The molecule has 0 bridgehead atoms. The van der Waals surface area contributed by atoms with E-state index in [1.54, 1.807) is 4.90 Å². The van der Waals surface area contributed by atoms with E-state index in [0.717, 1.165) is 22.6 Å². The Morgan fingerprint density at radius 3 is 2.81 bits per heavy atom. The molecule has 2 aliphatic heterocycles. The molecule has 0 unspecified atom stereocenters. The van der Waals surface area contributed by atoms with Crippen molar-refractivity contribution in [1.82, 2.24) is 0 Å². The van der Waals surface area contributed by atoms with Crippen LogP contribution in [0.1, 0.15) is 18.1 Å². The standard InChI is InChI=1S/C20H18N2O3S/c1-3-21-20-22(15-7-5-4-6-13(15)2)19(23)18(26-20)11-14-8-9-16-17(10-14)25-12-24-16/h4-11H,3,12H2,1-2H3/b18-11-,21-20-. The number of hydrogen-bond donors (Lipinski definition) is 0. The lowest BCUT2D eigenvalue weighted by atomic mass is 10.1. The number of fused-ring (bicyclic) bond motifs is 1. The number of amides is 1. The molecule has 0 aliphatic carbocycles. The number of carbonyl (C=O) groups excluding carboxylic acids is 1. The fourth-order valence-corrected chi connectivity index (χ4v) is 3.93. The lowest BCUT2D eigenvalue weighted by molar-refractivity contribution is -0.113. The van der Waals surface area contributed by atoms with Crippen LogP contribution in [-0.2, 0) is 4.79 Å². The highest BCUT2D eigenvalue weighted by molar-refractivity contribution is 8.19. The molecule has 1 fully saturated rings. The van der Waals surface area contributed by atoms with Crippen molar-refractivity contribution in [3.63, 3.8) is 0 Å². The number of nitrogens with zero attached hydrogens (tertiary/aromatic N) is 2. The Kier molecular flexibility index (Phi) is 4.42. The van der Waals surface area contributed by atoms with E-state index in [1.165, 1.54) is 11.8 Å². The minimum atomic E-state index is -0.0610. The summed E-state index contributed by atoms with van der Waals surface area (Å²) in [6.07, 6.45) is 1.87. The van der Waals surface area contributed by atoms with Gasteiger partial charge in [0.2, 0.25) is 6.79 Å². The van der Waals surface area contributed by atoms with Crippen LogP contribution in [0.5, 0.6) is 11.5 Å². The van der Waals surface area contributed by atoms with Crippen molar-refractivity contribution in [2.24, 2.45) is 4.99 Å². The van der Waals surface area contributed by atoms with Gasteiger partial charge in [0, 0.05) is 6.54 Å². The predicted molar refractivity (Wildman–Crippen MR) is 105 cm³/mol. The lowest BCUT2D eigenvalue weighted by Crippen LogP contribution is -2.29. The summed E-state index contributed by atoms with van der Waals surface area (Å²) in [6, 6.07) is 13.5. The molecule has 0 atom stereocenters. The van der Waals surface area contributed by atoms with E-state index in [1.807, 2.05) is 62.4 Å². The van der Waals surface area contributed by atoms with Gasteiger partial charge in [0.15, 0.2) is 16.7 Å². The van der Waals surface area contributed by atoms with Gasteiger partial charge in [0.25, 0.3) is 5.91 Å². The van der Waals surface area contributed by atoms with E-state index >= 15 is 0 Å². The van der Waals surface area contributed by atoms with E-state index in [-0.39, 0.29) is 12.7 Å². The number of thioether (sulfide) groups is 1. The number of carbonyl (C=O) groups is 1. The molecule has 2 aliphatic rings. The quantitative estimate of drug-likeness (QED) is 0.763. The van der Waals surface area contributed by atoms with Gasteiger partial charge in [-0.1, -0.05) is 24.3 Å². The van der Waals surface area contributed by atoms with Gasteiger partial charge in [0.1, 0.15) is 0 Å². The predicted octanol–water partition coefficient (Wildman–Crippen LogP) is 4.22. The SMILES string of the molecule is CC/N=C1\S/C(=C\c2ccc3c(c2)OCO3)C(=O)N1c1ccccc1C. The first kappa shape index (κ1) is 16.7. The van der Waals surface area contributed by atoms with Gasteiger partial charge in [-0.2, -0.15) is 0 Å². The highest BCUT2D eigenvalue weighted by atomic mass is 32.2. The molecule has 1 amide bonds. The fraction of sp³-hybridized carbons (Fsp3) is 0.200. The van der Waals surface area contributed by atoms with Crippen LogP contribution in [-0.4, -0.2) is 24.4 Å². The smallest absolute Gasteiger partial charge is 0.271 e. The molecule has 0 radical (unpaired) electrons. The molecule has 1 saturated heterocycles. The Morgan fingerprint density at radius 1 is 1.19 bits per heavy atom. The summed E-state index contributed by atoms with van der Waals surface area (Å²) >= 11 is 1.40. The molecule has 2 aromatic rings. The number of benzene rings is 2. The van der Waals surface area contributed by atoms with Gasteiger partial charge >= 0.3 is 0 Å². The zero-order chi connectivity index (χ0) is 18.1. The molecule has 0 N–H and O–H groups in total. The lowest BCUT2D eigenvalue weighted by Gasteiger charge is -2.17. The number of hydrogen-bond acceptors (Lipinski definition) is 5. The van der Waals surface area contributed by atoms with E-state index in [9.17, 15) is 4.79 Å². The fourth-order valence-electron chi connectivity index (χ4n) is 2.90. The third-order valence-corrected chi connectivity index (χ3v) is 5.16. The van der Waals surface area contributed by atoms with Gasteiger partial charge in [-0.3, -0.25) is 14.7 Å². The minimum absolute atomic E-state index is 0.0610. The van der Waals surface area contributed by atoms with Crippen molar-refractivity contribution < 1.29 is 14.3 Å². The van der Waals surface area contributed by atoms with Gasteiger partial charge in [-0.25, -0.2) is 0 Å². The monoisotopic (exact) mass is 366 g/mol. The Balaban J connectivity index is 1.71. The van der Waals surface area contributed by atoms with Crippen molar-refractivity contribution in [2.45, 2.75) is 13.8 Å². The number of ether oxygens (including phenoxy) is 2. The van der Waals surface area contributed by atoms with Crippen molar-refractivity contribution in [1.29, 1.82) is 0 Å². The molecule has 0 spiro atoms. The molecular formula is C20H18N2O3S. The first-order valence-corrected chi connectivity index (χ1v) is 9.22. The topological polar surface area (TPSA) is 51.1 Å². The molecule has 132 valence electrons. The molecule has 2 heterocycles. The number of aliphatic imine (C=N–C) groups is 1. The average molecular weight is 366 g/mol. The van der Waals surface area contributed by atoms with Crippen molar-refractivity contribution in [2.75, 3.05) is 18.2 Å². The zero-order valence-corrected chi connectivity index (χ0v) is 15.4. The van der Waals surface area contributed by atoms with Crippen molar-refractivity contribution in [3.05, 3.63) is 58.5 Å². The summed E-state index contributed by atoms with van der Waals surface area (Å²) in [5.74, 6) is 1.37. The van der Waals surface area contributed by atoms with Gasteiger partial charge in [-0.15, -0.1) is 0 Å². The van der Waals surface area contributed by atoms with Crippen molar-refractivity contribution >= 4 is 34.6 Å². The van der Waals surface area contributed by atoms with Crippen LogP contribution in [0.3, 0.4) is 0 Å². The number of aryl methyl sites for hydroxylation is 1. The maximum atomic E-state index is 13.1. The number of amidine groups is 1. The van der Waals surface area contributed by atoms with Crippen LogP contribution in [0.2, 0.25) is 0 Å². The van der Waals surface area contributed by atoms with E-state index in [4.69, 9.17) is 9.47 Å². The third kappa shape index (κ3) is 2.97. The second kappa shape index (κ2) is 6.88. The van der Waals surface area contributed by atoms with E-state index < -0.39 is 0 Å². The second-order valence-electron chi connectivity index (χ2n) is 5.91. The van der Waals surface area contributed by atoms with Crippen LogP contribution >= 0.6 is 11.8 Å². The normalized spacial score (nSPS) is 19.0. The molecule has 2 aromatic carbocycles. The Hall–Kier alpha value is -2.73. The largest absolute Gasteiger partial charge is 0.454 e. The molecular weight excluding hydrogens is 348 g/mol. The van der Waals surface area contributed by atoms with Gasteiger partial charge in [-0.05, 0) is 61.0 Å². The van der Waals surface area contributed by atoms with Crippen LogP contribution < -0.4 is 14.4 Å². The maximum Gasteiger partial charge on any atom is 0.271 e. The summed E-state index contributed by atoms with van der Waals surface area (Å²) in [5.41, 5.74) is 2.80. The molecule has 0 aromatic heterocycles. The van der Waals surface area contributed by atoms with Crippen LogP contribution in [0.15, 0.2) is 52.4 Å². The van der Waals surface area contributed by atoms with Gasteiger partial charge in [0.05, 0.1) is 10.6 Å². The van der Waals surface area contributed by atoms with E-state index in [2.05, 4.69) is 4.99 Å². The Morgan fingerprint density at radius 2 is 2.00 bits per heavy atom. The average Bonchev–Trinajstić information content (AvgIpc) is 3.21. The number of para-hydroxylation sites is 1. The maximum absolute atomic E-state index is 13.1. The van der Waals surface area contributed by atoms with Crippen LogP contribution in [0, 0.1) is 6.92 Å². The first-order chi connectivity index (χ1) is 12.7. The number of rotatable bonds is 3. The highest BCUT2D eigenvalue weighted by Crippen LogP contribution is 2.38. The Labute approximate surface area is 156 Å². The molecule has 0 saturated carbocycles. The van der Waals surface area contributed by atoms with Crippen LogP contribution in [0.4, 0.5) is 5.69 Å². The third-order valence-electron chi connectivity index (χ3n) is 4.15. The van der Waals surface area contributed by atoms with E-state index in [0.29, 0.717) is 22.4 Å². The summed E-state index contributed by atoms with van der Waals surface area (Å²) in [4.78, 5) is 19.9. The van der Waals surface area contributed by atoms with Crippen LogP contribution in [0.25, 0.3) is 6.08 Å². The summed E-state index contributed by atoms with van der Waals surface area (Å²) in [7, 11) is 0. The molecule has 26 heavy (non-hydrogen) atoms. The molecule has 5 nitrogen and oxygen atoms in total. The minimum Gasteiger partial charge on any atom is -0.454 e. The molecule has 4 rings (SSSR count). The summed E-state index contributed by atoms with van der Waals surface area (Å²) in [6.45, 7) is 4.82. The first-order valence-electron chi connectivity index (χ1n) is 8.41. The zero-order valence-electron chi connectivity index (χ0n) is 14.6. The van der Waals surface area contributed by atoms with Gasteiger partial charge < -0.3 is 9.47 Å². The number of anilines is 1. The summed E-state index contributed by atoms with van der Waals surface area (Å²) in [5, 5.41) is 0.707. The Bertz CT molecular complexity index is 936. The second-order valence-corrected chi connectivity index (χ2v) is 6.92. The highest BCUT2D eigenvalue weighted by Gasteiger charge is 2.35. The molecule has 6 heteroatoms. The summed E-state index contributed by atoms with van der Waals surface area (Å²) < 4.78 is 10.8.